The van der Waals surface area contributed by atoms with Crippen molar-refractivity contribution in [3.05, 3.63) is 70.4 Å². The first kappa shape index (κ1) is 13.3. The van der Waals surface area contributed by atoms with Crippen LogP contribution < -0.4 is 0 Å². The Morgan fingerprint density at radius 2 is 1.70 bits per heavy atom. The number of hydrogen-bond acceptors (Lipinski definition) is 0. The molecule has 0 amide bonds. The number of hydrogen-bond donors (Lipinski definition) is 0. The van der Waals surface area contributed by atoms with Crippen molar-refractivity contribution in [1.82, 2.24) is 4.57 Å². The molecule has 0 aliphatic heterocycles. The molecule has 1 heterocycles. The number of nitrogens with zero attached hydrogens (tertiary/aromatic N) is 1. The molecule has 0 spiro atoms. The molecule has 0 aliphatic carbocycles. The van der Waals surface area contributed by atoms with Crippen molar-refractivity contribution < 1.29 is 0 Å². The molecule has 3 aromatic rings. The lowest BCUT2D eigenvalue weighted by Crippen LogP contribution is -1.88. The first-order valence-electron chi connectivity index (χ1n) is 6.98. The summed E-state index contributed by atoms with van der Waals surface area (Å²) in [6.07, 6.45) is 4.24. The summed E-state index contributed by atoms with van der Waals surface area (Å²) in [5.41, 5.74) is 5.29. The van der Waals surface area contributed by atoms with Gasteiger partial charge in [-0.2, -0.15) is 0 Å². The van der Waals surface area contributed by atoms with Crippen LogP contribution in [0.1, 0.15) is 23.6 Å². The monoisotopic (exact) mass is 283 g/mol. The second-order valence-electron chi connectivity index (χ2n) is 5.27. The Morgan fingerprint density at radius 1 is 1.00 bits per heavy atom. The molecule has 20 heavy (non-hydrogen) atoms. The second-order valence-corrected chi connectivity index (χ2v) is 5.71. The van der Waals surface area contributed by atoms with Gasteiger partial charge in [-0.3, -0.25) is 0 Å². The highest BCUT2D eigenvalue weighted by Gasteiger charge is 2.08. The molecule has 3 rings (SSSR count). The Morgan fingerprint density at radius 3 is 2.40 bits per heavy atom. The van der Waals surface area contributed by atoms with Crippen LogP contribution in [-0.4, -0.2) is 4.57 Å². The maximum Gasteiger partial charge on any atom is 0.0481 e. The Labute approximate surface area is 124 Å². The van der Waals surface area contributed by atoms with Crippen LogP contribution in [0.25, 0.3) is 10.9 Å². The van der Waals surface area contributed by atoms with E-state index in [0.717, 1.165) is 17.9 Å². The summed E-state index contributed by atoms with van der Waals surface area (Å²) in [5, 5.41) is 2.05. The van der Waals surface area contributed by atoms with Gasteiger partial charge in [0, 0.05) is 29.2 Å². The summed E-state index contributed by atoms with van der Waals surface area (Å²) >= 11 is 6.13. The molecule has 0 N–H and O–H groups in total. The van der Waals surface area contributed by atoms with E-state index in [4.69, 9.17) is 11.6 Å². The first-order valence-corrected chi connectivity index (χ1v) is 7.36. The fraction of sp³-hybridized carbons (Fsp3) is 0.222. The van der Waals surface area contributed by atoms with Crippen LogP contribution in [0.4, 0.5) is 0 Å². The molecule has 1 aromatic heterocycles. The molecule has 2 heteroatoms. The standard InChI is InChI=1S/C18H18ClN/c1-3-13-4-6-14(7-5-13)10-15-12-20(2)18-9-8-16(19)11-17(15)18/h4-9,11-12H,3,10H2,1-2H3. The van der Waals surface area contributed by atoms with E-state index in [2.05, 4.69) is 61.1 Å². The van der Waals surface area contributed by atoms with E-state index in [1.807, 2.05) is 6.07 Å². The van der Waals surface area contributed by atoms with Crippen molar-refractivity contribution in [3.63, 3.8) is 0 Å². The van der Waals surface area contributed by atoms with E-state index in [0.29, 0.717) is 0 Å². The summed E-state index contributed by atoms with van der Waals surface area (Å²) < 4.78 is 2.17. The summed E-state index contributed by atoms with van der Waals surface area (Å²) in [6.45, 7) is 2.18. The van der Waals surface area contributed by atoms with Gasteiger partial charge >= 0.3 is 0 Å². The molecule has 0 atom stereocenters. The number of benzene rings is 2. The predicted octanol–water partition coefficient (Wildman–Crippen LogP) is 4.98. The Kier molecular flexibility index (Phi) is 3.54. The van der Waals surface area contributed by atoms with Gasteiger partial charge in [-0.05, 0) is 47.7 Å². The lowest BCUT2D eigenvalue weighted by Gasteiger charge is -2.02. The lowest BCUT2D eigenvalue weighted by molar-refractivity contribution is 0.958. The number of rotatable bonds is 3. The van der Waals surface area contributed by atoms with Crippen LogP contribution in [0.3, 0.4) is 0 Å². The maximum absolute atomic E-state index is 6.13. The Hall–Kier alpha value is -1.73. The van der Waals surface area contributed by atoms with Crippen molar-refractivity contribution in [2.75, 3.05) is 0 Å². The maximum atomic E-state index is 6.13. The highest BCUT2D eigenvalue weighted by Crippen LogP contribution is 2.26. The molecule has 0 bridgehead atoms. The third-order valence-corrected chi connectivity index (χ3v) is 4.09. The summed E-state index contributed by atoms with van der Waals surface area (Å²) in [5.74, 6) is 0. The number of aromatic nitrogens is 1. The summed E-state index contributed by atoms with van der Waals surface area (Å²) in [7, 11) is 2.08. The topological polar surface area (TPSA) is 4.93 Å². The molecule has 0 unspecified atom stereocenters. The number of fused-ring (bicyclic) bond motifs is 1. The van der Waals surface area contributed by atoms with Gasteiger partial charge < -0.3 is 4.57 Å². The minimum absolute atomic E-state index is 0.797. The fourth-order valence-electron chi connectivity index (χ4n) is 2.70. The highest BCUT2D eigenvalue weighted by molar-refractivity contribution is 6.31. The molecule has 0 saturated heterocycles. The molecule has 102 valence electrons. The Balaban J connectivity index is 1.99. The van der Waals surface area contributed by atoms with Crippen molar-refractivity contribution in [2.45, 2.75) is 19.8 Å². The van der Waals surface area contributed by atoms with Gasteiger partial charge in [0.15, 0.2) is 0 Å². The van der Waals surface area contributed by atoms with Gasteiger partial charge in [0.05, 0.1) is 0 Å². The van der Waals surface area contributed by atoms with Gasteiger partial charge in [-0.25, -0.2) is 0 Å². The van der Waals surface area contributed by atoms with E-state index in [1.54, 1.807) is 0 Å². The van der Waals surface area contributed by atoms with E-state index in [1.165, 1.54) is 27.6 Å². The van der Waals surface area contributed by atoms with Crippen LogP contribution in [-0.2, 0) is 19.9 Å². The third kappa shape index (κ3) is 2.46. The van der Waals surface area contributed by atoms with Gasteiger partial charge in [0.1, 0.15) is 0 Å². The fourth-order valence-corrected chi connectivity index (χ4v) is 2.87. The van der Waals surface area contributed by atoms with E-state index in [-0.39, 0.29) is 0 Å². The van der Waals surface area contributed by atoms with Crippen molar-refractivity contribution in [1.29, 1.82) is 0 Å². The van der Waals surface area contributed by atoms with Crippen LogP contribution >= 0.6 is 11.6 Å². The predicted molar refractivity (Wildman–Crippen MR) is 86.6 cm³/mol. The highest BCUT2D eigenvalue weighted by atomic mass is 35.5. The van der Waals surface area contributed by atoms with Gasteiger partial charge in [0.25, 0.3) is 0 Å². The number of aryl methyl sites for hydroxylation is 2. The van der Waals surface area contributed by atoms with Crippen molar-refractivity contribution in [3.8, 4) is 0 Å². The third-order valence-electron chi connectivity index (χ3n) is 3.86. The molecular weight excluding hydrogens is 266 g/mol. The average Bonchev–Trinajstić information content (AvgIpc) is 2.76. The molecule has 0 radical (unpaired) electrons. The molecule has 0 fully saturated rings. The SMILES string of the molecule is CCc1ccc(Cc2cn(C)c3ccc(Cl)cc23)cc1. The second kappa shape index (κ2) is 5.34. The molecule has 0 saturated carbocycles. The van der Waals surface area contributed by atoms with Gasteiger partial charge in [0.2, 0.25) is 0 Å². The minimum Gasteiger partial charge on any atom is -0.350 e. The van der Waals surface area contributed by atoms with Crippen LogP contribution in [0.5, 0.6) is 0 Å². The van der Waals surface area contributed by atoms with Crippen LogP contribution in [0, 0.1) is 0 Å². The normalized spacial score (nSPS) is 11.2. The van der Waals surface area contributed by atoms with Crippen LogP contribution in [0.2, 0.25) is 5.02 Å². The first-order chi connectivity index (χ1) is 9.67. The van der Waals surface area contributed by atoms with Crippen LogP contribution in [0.15, 0.2) is 48.7 Å². The smallest absolute Gasteiger partial charge is 0.0481 e. The van der Waals surface area contributed by atoms with E-state index >= 15 is 0 Å². The molecule has 2 aromatic carbocycles. The summed E-state index contributed by atoms with van der Waals surface area (Å²) in [6, 6.07) is 15.0. The molecular formula is C18H18ClN. The minimum atomic E-state index is 0.797. The van der Waals surface area contributed by atoms with Crippen molar-refractivity contribution >= 4 is 22.5 Å². The lowest BCUT2D eigenvalue weighted by atomic mass is 10.0. The van der Waals surface area contributed by atoms with Gasteiger partial charge in [-0.1, -0.05) is 42.8 Å². The summed E-state index contributed by atoms with van der Waals surface area (Å²) in [4.78, 5) is 0. The quantitative estimate of drug-likeness (QED) is 0.638. The average molecular weight is 284 g/mol. The Bertz CT molecular complexity index is 738. The largest absolute Gasteiger partial charge is 0.350 e. The molecule has 0 aliphatic rings. The van der Waals surface area contributed by atoms with E-state index < -0.39 is 0 Å². The zero-order valence-electron chi connectivity index (χ0n) is 11.9. The zero-order chi connectivity index (χ0) is 14.1. The molecule has 1 nitrogen and oxygen atoms in total. The van der Waals surface area contributed by atoms with Crippen molar-refractivity contribution in [2.24, 2.45) is 7.05 Å². The van der Waals surface area contributed by atoms with Gasteiger partial charge in [-0.15, -0.1) is 0 Å². The zero-order valence-corrected chi connectivity index (χ0v) is 12.6. The van der Waals surface area contributed by atoms with E-state index in [9.17, 15) is 0 Å². The number of halogens is 1.